The van der Waals surface area contributed by atoms with Crippen LogP contribution in [0.25, 0.3) is 0 Å². The minimum Gasteiger partial charge on any atom is -0.481 e. The summed E-state index contributed by atoms with van der Waals surface area (Å²) in [6.45, 7) is 2.90. The van der Waals surface area contributed by atoms with Crippen LogP contribution >= 0.6 is 11.3 Å². The van der Waals surface area contributed by atoms with E-state index in [2.05, 4.69) is 22.2 Å². The zero-order chi connectivity index (χ0) is 12.1. The molecule has 0 aliphatic rings. The first-order valence-electron chi connectivity index (χ1n) is 5.49. The van der Waals surface area contributed by atoms with E-state index in [1.165, 1.54) is 9.88 Å². The molecular formula is C12H15N3OS. The summed E-state index contributed by atoms with van der Waals surface area (Å²) in [6, 6.07) is 3.79. The van der Waals surface area contributed by atoms with Crippen molar-refractivity contribution in [2.45, 2.75) is 19.9 Å². The molecule has 2 rings (SSSR count). The van der Waals surface area contributed by atoms with Gasteiger partial charge in [0.2, 0.25) is 5.88 Å². The fourth-order valence-electron chi connectivity index (χ4n) is 1.39. The lowest BCUT2D eigenvalue weighted by Crippen LogP contribution is -1.98. The minimum absolute atomic E-state index is 0.626. The second-order valence-electron chi connectivity index (χ2n) is 3.52. The van der Waals surface area contributed by atoms with Crippen molar-refractivity contribution in [1.29, 1.82) is 0 Å². The standard InChI is InChI=1S/C12H15N3OS/c1-3-12-15-8-10(17-12)7-13-9-4-5-11(16-2)14-6-9/h4-6,8,13H,3,7H2,1-2H3. The first-order valence-corrected chi connectivity index (χ1v) is 6.31. The number of thiazole rings is 1. The highest BCUT2D eigenvalue weighted by atomic mass is 32.1. The van der Waals surface area contributed by atoms with Crippen molar-refractivity contribution in [3.8, 4) is 5.88 Å². The van der Waals surface area contributed by atoms with Crippen LogP contribution in [0.4, 0.5) is 5.69 Å². The number of aryl methyl sites for hydroxylation is 1. The number of nitrogens with one attached hydrogen (secondary N) is 1. The van der Waals surface area contributed by atoms with E-state index in [0.717, 1.165) is 18.7 Å². The predicted molar refractivity (Wildman–Crippen MR) is 69.6 cm³/mol. The van der Waals surface area contributed by atoms with E-state index in [0.29, 0.717) is 5.88 Å². The van der Waals surface area contributed by atoms with Gasteiger partial charge in [-0.3, -0.25) is 0 Å². The van der Waals surface area contributed by atoms with Gasteiger partial charge in [0.15, 0.2) is 0 Å². The van der Waals surface area contributed by atoms with Crippen LogP contribution in [0, 0.1) is 0 Å². The highest BCUT2D eigenvalue weighted by Crippen LogP contribution is 2.16. The largest absolute Gasteiger partial charge is 0.481 e. The summed E-state index contributed by atoms with van der Waals surface area (Å²) in [7, 11) is 1.61. The predicted octanol–water partition coefficient (Wildman–Crippen LogP) is 2.72. The van der Waals surface area contributed by atoms with Crippen LogP contribution in [-0.4, -0.2) is 17.1 Å². The van der Waals surface area contributed by atoms with Gasteiger partial charge in [-0.1, -0.05) is 6.92 Å². The normalized spacial score (nSPS) is 10.2. The molecule has 2 heterocycles. The van der Waals surface area contributed by atoms with E-state index in [1.807, 2.05) is 18.3 Å². The average molecular weight is 249 g/mol. The number of pyridine rings is 1. The molecule has 0 radical (unpaired) electrons. The molecule has 0 aromatic carbocycles. The molecule has 0 atom stereocenters. The molecule has 0 bridgehead atoms. The number of nitrogens with zero attached hydrogens (tertiary/aromatic N) is 2. The second kappa shape index (κ2) is 5.63. The third kappa shape index (κ3) is 3.17. The highest BCUT2D eigenvalue weighted by Gasteiger charge is 2.00. The molecule has 5 heteroatoms. The molecule has 0 saturated carbocycles. The van der Waals surface area contributed by atoms with Gasteiger partial charge in [0.25, 0.3) is 0 Å². The molecule has 0 amide bonds. The van der Waals surface area contributed by atoms with Gasteiger partial charge in [-0.15, -0.1) is 11.3 Å². The summed E-state index contributed by atoms with van der Waals surface area (Å²) < 4.78 is 5.00. The third-order valence-corrected chi connectivity index (χ3v) is 3.46. The highest BCUT2D eigenvalue weighted by molar-refractivity contribution is 7.11. The van der Waals surface area contributed by atoms with Crippen molar-refractivity contribution in [2.75, 3.05) is 12.4 Å². The molecule has 0 aliphatic heterocycles. The van der Waals surface area contributed by atoms with E-state index in [9.17, 15) is 0 Å². The lowest BCUT2D eigenvalue weighted by Gasteiger charge is -2.04. The minimum atomic E-state index is 0.626. The number of methoxy groups -OCH3 is 1. The van der Waals surface area contributed by atoms with Crippen LogP contribution < -0.4 is 10.1 Å². The number of rotatable bonds is 5. The van der Waals surface area contributed by atoms with Crippen LogP contribution in [0.5, 0.6) is 5.88 Å². The molecule has 2 aromatic rings. The summed E-state index contributed by atoms with van der Waals surface area (Å²) in [5, 5.41) is 4.48. The maximum absolute atomic E-state index is 5.00. The second-order valence-corrected chi connectivity index (χ2v) is 4.72. The summed E-state index contributed by atoms with van der Waals surface area (Å²) in [5.41, 5.74) is 0.984. The summed E-state index contributed by atoms with van der Waals surface area (Å²) >= 11 is 1.74. The number of ether oxygens (including phenoxy) is 1. The van der Waals surface area contributed by atoms with E-state index in [-0.39, 0.29) is 0 Å². The molecule has 0 aliphatic carbocycles. The van der Waals surface area contributed by atoms with Gasteiger partial charge < -0.3 is 10.1 Å². The molecule has 4 nitrogen and oxygen atoms in total. The average Bonchev–Trinajstić information content (AvgIpc) is 2.85. The van der Waals surface area contributed by atoms with Gasteiger partial charge in [-0.05, 0) is 12.5 Å². The Morgan fingerprint density at radius 2 is 2.18 bits per heavy atom. The summed E-state index contributed by atoms with van der Waals surface area (Å²) in [5.74, 6) is 0.626. The fourth-order valence-corrected chi connectivity index (χ4v) is 2.19. The number of hydrogen-bond acceptors (Lipinski definition) is 5. The van der Waals surface area contributed by atoms with Crippen LogP contribution in [0.1, 0.15) is 16.8 Å². The number of anilines is 1. The summed E-state index contributed by atoms with van der Waals surface area (Å²) in [4.78, 5) is 9.69. The molecule has 0 saturated heterocycles. The van der Waals surface area contributed by atoms with Crippen molar-refractivity contribution in [3.05, 3.63) is 34.4 Å². The van der Waals surface area contributed by atoms with Gasteiger partial charge in [-0.2, -0.15) is 0 Å². The number of aromatic nitrogens is 2. The molecular weight excluding hydrogens is 234 g/mol. The van der Waals surface area contributed by atoms with Crippen LogP contribution in [0.15, 0.2) is 24.5 Å². The van der Waals surface area contributed by atoms with Crippen molar-refractivity contribution in [3.63, 3.8) is 0 Å². The van der Waals surface area contributed by atoms with Gasteiger partial charge in [0.1, 0.15) is 0 Å². The zero-order valence-corrected chi connectivity index (χ0v) is 10.8. The Bertz CT molecular complexity index is 467. The van der Waals surface area contributed by atoms with Crippen molar-refractivity contribution in [2.24, 2.45) is 0 Å². The Balaban J connectivity index is 1.92. The van der Waals surface area contributed by atoms with Crippen molar-refractivity contribution in [1.82, 2.24) is 9.97 Å². The maximum atomic E-state index is 5.00. The molecule has 17 heavy (non-hydrogen) atoms. The van der Waals surface area contributed by atoms with E-state index >= 15 is 0 Å². The Morgan fingerprint density at radius 3 is 2.76 bits per heavy atom. The first kappa shape index (κ1) is 11.9. The van der Waals surface area contributed by atoms with E-state index in [1.54, 1.807) is 24.6 Å². The first-order chi connectivity index (χ1) is 8.31. The van der Waals surface area contributed by atoms with Crippen LogP contribution in [-0.2, 0) is 13.0 Å². The Hall–Kier alpha value is -1.62. The maximum Gasteiger partial charge on any atom is 0.213 e. The lowest BCUT2D eigenvalue weighted by molar-refractivity contribution is 0.398. The Labute approximate surface area is 105 Å². The molecule has 0 spiro atoms. The van der Waals surface area contributed by atoms with Crippen LogP contribution in [0.2, 0.25) is 0 Å². The van der Waals surface area contributed by atoms with Crippen molar-refractivity contribution < 1.29 is 4.74 Å². The van der Waals surface area contributed by atoms with Gasteiger partial charge in [-0.25, -0.2) is 9.97 Å². The van der Waals surface area contributed by atoms with Crippen molar-refractivity contribution >= 4 is 17.0 Å². The topological polar surface area (TPSA) is 47.0 Å². The quantitative estimate of drug-likeness (QED) is 0.885. The smallest absolute Gasteiger partial charge is 0.213 e. The summed E-state index contributed by atoms with van der Waals surface area (Å²) in [6.07, 6.45) is 4.68. The van der Waals surface area contributed by atoms with Crippen LogP contribution in [0.3, 0.4) is 0 Å². The number of hydrogen-bond donors (Lipinski definition) is 1. The monoisotopic (exact) mass is 249 g/mol. The molecule has 0 unspecified atom stereocenters. The van der Waals surface area contributed by atoms with Gasteiger partial charge in [0, 0.05) is 17.1 Å². The molecule has 1 N–H and O–H groups in total. The van der Waals surface area contributed by atoms with E-state index in [4.69, 9.17) is 4.74 Å². The SMILES string of the molecule is CCc1ncc(CNc2ccc(OC)nc2)s1. The lowest BCUT2D eigenvalue weighted by atomic mass is 10.4. The van der Waals surface area contributed by atoms with Gasteiger partial charge >= 0.3 is 0 Å². The molecule has 2 aromatic heterocycles. The third-order valence-electron chi connectivity index (χ3n) is 2.32. The molecule has 0 fully saturated rings. The van der Waals surface area contributed by atoms with Gasteiger partial charge in [0.05, 0.1) is 30.5 Å². The zero-order valence-electron chi connectivity index (χ0n) is 9.93. The van der Waals surface area contributed by atoms with E-state index < -0.39 is 0 Å². The Morgan fingerprint density at radius 1 is 1.29 bits per heavy atom. The fraction of sp³-hybridized carbons (Fsp3) is 0.333. The Kier molecular flexibility index (Phi) is 3.93. The molecule has 90 valence electrons.